The molecule has 22 heavy (non-hydrogen) atoms. The van der Waals surface area contributed by atoms with Gasteiger partial charge >= 0.3 is 0 Å². The van der Waals surface area contributed by atoms with Gasteiger partial charge in [0.15, 0.2) is 0 Å². The summed E-state index contributed by atoms with van der Waals surface area (Å²) < 4.78 is 1.85. The number of nitrogens with one attached hydrogen (secondary N) is 2. The minimum Gasteiger partial charge on any atom is -0.335 e. The molecule has 0 radical (unpaired) electrons. The number of piperazine rings is 1. The van der Waals surface area contributed by atoms with E-state index >= 15 is 0 Å². The van der Waals surface area contributed by atoms with Gasteiger partial charge in [0.1, 0.15) is 0 Å². The summed E-state index contributed by atoms with van der Waals surface area (Å²) >= 11 is 0. The maximum absolute atomic E-state index is 12.3. The highest BCUT2D eigenvalue weighted by atomic mass is 16.2. The van der Waals surface area contributed by atoms with E-state index in [1.54, 1.807) is 6.20 Å². The van der Waals surface area contributed by atoms with Crippen molar-refractivity contribution in [3.05, 3.63) is 47.8 Å². The molecular formula is C16H22N5O+. The first kappa shape index (κ1) is 14.7. The molecule has 1 aliphatic heterocycles. The van der Waals surface area contributed by atoms with Crippen LogP contribution in [-0.4, -0.2) is 53.9 Å². The van der Waals surface area contributed by atoms with Crippen molar-refractivity contribution in [3.8, 4) is 5.69 Å². The number of nitrogens with zero attached hydrogens (tertiary/aromatic N) is 3. The van der Waals surface area contributed by atoms with Crippen LogP contribution in [0.25, 0.3) is 5.69 Å². The van der Waals surface area contributed by atoms with E-state index in [9.17, 15) is 4.79 Å². The van der Waals surface area contributed by atoms with Gasteiger partial charge in [0.05, 0.1) is 38.9 Å². The first-order valence-electron chi connectivity index (χ1n) is 7.62. The fourth-order valence-corrected chi connectivity index (χ4v) is 2.60. The third kappa shape index (κ3) is 3.18. The summed E-state index contributed by atoms with van der Waals surface area (Å²) in [5.74, 6) is -0.0525. The SMILES string of the molecule is Cc1ccnn1-c1ccc(C(=O)NN2CC[NH+](C)CC2)cc1. The Bertz CT molecular complexity index is 641. The molecule has 0 aliphatic carbocycles. The number of rotatable bonds is 3. The molecule has 1 aromatic heterocycles. The van der Waals surface area contributed by atoms with Gasteiger partial charge in [0.25, 0.3) is 5.91 Å². The largest absolute Gasteiger partial charge is 0.335 e. The molecule has 1 aromatic carbocycles. The van der Waals surface area contributed by atoms with E-state index in [-0.39, 0.29) is 5.91 Å². The van der Waals surface area contributed by atoms with Crippen LogP contribution in [0.2, 0.25) is 0 Å². The predicted octanol–water partition coefficient (Wildman–Crippen LogP) is -0.344. The second-order valence-electron chi connectivity index (χ2n) is 5.82. The van der Waals surface area contributed by atoms with Gasteiger partial charge in [-0.3, -0.25) is 10.2 Å². The fourth-order valence-electron chi connectivity index (χ4n) is 2.60. The highest BCUT2D eigenvalue weighted by Crippen LogP contribution is 2.11. The Labute approximate surface area is 130 Å². The number of hydrogen-bond donors (Lipinski definition) is 2. The number of carbonyl (C=O) groups excluding carboxylic acids is 1. The van der Waals surface area contributed by atoms with Crippen LogP contribution in [0, 0.1) is 6.92 Å². The van der Waals surface area contributed by atoms with Crippen LogP contribution >= 0.6 is 0 Å². The number of aromatic nitrogens is 2. The second-order valence-corrected chi connectivity index (χ2v) is 5.82. The molecule has 2 heterocycles. The zero-order valence-electron chi connectivity index (χ0n) is 13.0. The Hall–Kier alpha value is -2.18. The van der Waals surface area contributed by atoms with Gasteiger partial charge in [-0.25, -0.2) is 9.69 Å². The quantitative estimate of drug-likeness (QED) is 0.815. The number of benzene rings is 1. The number of aryl methyl sites for hydroxylation is 1. The lowest BCUT2D eigenvalue weighted by molar-refractivity contribution is -0.884. The zero-order valence-corrected chi connectivity index (χ0v) is 13.0. The Morgan fingerprint density at radius 3 is 2.45 bits per heavy atom. The first-order chi connectivity index (χ1) is 10.6. The van der Waals surface area contributed by atoms with Gasteiger partial charge in [-0.2, -0.15) is 5.10 Å². The third-order valence-corrected chi connectivity index (χ3v) is 4.08. The lowest BCUT2D eigenvalue weighted by atomic mass is 10.2. The van der Waals surface area contributed by atoms with Gasteiger partial charge < -0.3 is 4.90 Å². The van der Waals surface area contributed by atoms with Gasteiger partial charge in [0, 0.05) is 17.5 Å². The number of hydrazine groups is 1. The lowest BCUT2D eigenvalue weighted by Gasteiger charge is -2.30. The average Bonchev–Trinajstić information content (AvgIpc) is 2.96. The summed E-state index contributed by atoms with van der Waals surface area (Å²) in [5.41, 5.74) is 5.67. The average molecular weight is 300 g/mol. The van der Waals surface area contributed by atoms with E-state index in [4.69, 9.17) is 0 Å². The summed E-state index contributed by atoms with van der Waals surface area (Å²) in [4.78, 5) is 13.8. The molecule has 1 saturated heterocycles. The second kappa shape index (κ2) is 6.29. The van der Waals surface area contributed by atoms with Gasteiger partial charge in [-0.15, -0.1) is 0 Å². The molecule has 6 nitrogen and oxygen atoms in total. The molecule has 1 amide bonds. The van der Waals surface area contributed by atoms with Crippen LogP contribution in [0.15, 0.2) is 36.5 Å². The minimum absolute atomic E-state index is 0.0525. The van der Waals surface area contributed by atoms with E-state index in [0.29, 0.717) is 5.56 Å². The summed E-state index contributed by atoms with van der Waals surface area (Å²) in [5, 5.41) is 6.27. The van der Waals surface area contributed by atoms with E-state index in [2.05, 4.69) is 17.6 Å². The van der Waals surface area contributed by atoms with E-state index < -0.39 is 0 Å². The van der Waals surface area contributed by atoms with Crippen LogP contribution in [0.4, 0.5) is 0 Å². The predicted molar refractivity (Wildman–Crippen MR) is 84.0 cm³/mol. The Morgan fingerprint density at radius 1 is 1.18 bits per heavy atom. The summed E-state index contributed by atoms with van der Waals surface area (Å²) in [6, 6.07) is 9.47. The Morgan fingerprint density at radius 2 is 1.86 bits per heavy atom. The molecule has 116 valence electrons. The zero-order chi connectivity index (χ0) is 15.5. The highest BCUT2D eigenvalue weighted by Gasteiger charge is 2.18. The standard InChI is InChI=1S/C16H21N5O/c1-13-7-8-17-21(13)15-5-3-14(4-6-15)16(22)18-20-11-9-19(2)10-12-20/h3-8H,9-12H2,1-2H3,(H,18,22)/p+1. The molecule has 1 fully saturated rings. The summed E-state index contributed by atoms with van der Waals surface area (Å²) in [6.07, 6.45) is 1.77. The maximum atomic E-state index is 12.3. The van der Waals surface area contributed by atoms with Crippen molar-refractivity contribution in [1.29, 1.82) is 0 Å². The molecule has 0 atom stereocenters. The number of likely N-dealkylation sites (N-methyl/N-ethyl adjacent to an activating group) is 1. The molecular weight excluding hydrogens is 278 g/mol. The van der Waals surface area contributed by atoms with Crippen molar-refractivity contribution in [1.82, 2.24) is 20.2 Å². The molecule has 0 unspecified atom stereocenters. The lowest BCUT2D eigenvalue weighted by Crippen LogP contribution is -3.12. The van der Waals surface area contributed by atoms with E-state index in [0.717, 1.165) is 37.6 Å². The van der Waals surface area contributed by atoms with E-state index in [1.165, 1.54) is 4.90 Å². The maximum Gasteiger partial charge on any atom is 0.265 e. The third-order valence-electron chi connectivity index (χ3n) is 4.08. The highest BCUT2D eigenvalue weighted by molar-refractivity contribution is 5.94. The number of quaternary nitrogens is 1. The van der Waals surface area contributed by atoms with Crippen LogP contribution in [0.1, 0.15) is 16.1 Å². The Balaban J connectivity index is 1.65. The van der Waals surface area contributed by atoms with Crippen molar-refractivity contribution in [3.63, 3.8) is 0 Å². The summed E-state index contributed by atoms with van der Waals surface area (Å²) in [7, 11) is 2.18. The molecule has 2 aromatic rings. The topological polar surface area (TPSA) is 54.6 Å². The first-order valence-corrected chi connectivity index (χ1v) is 7.62. The molecule has 3 rings (SSSR count). The fraction of sp³-hybridized carbons (Fsp3) is 0.375. The van der Waals surface area contributed by atoms with E-state index in [1.807, 2.05) is 46.9 Å². The van der Waals surface area contributed by atoms with Gasteiger partial charge in [-0.1, -0.05) is 0 Å². The molecule has 0 saturated carbocycles. The van der Waals surface area contributed by atoms with Crippen LogP contribution in [0.3, 0.4) is 0 Å². The molecule has 1 aliphatic rings. The molecule has 2 N–H and O–H groups in total. The number of carbonyl (C=O) groups is 1. The van der Waals surface area contributed by atoms with Crippen molar-refractivity contribution < 1.29 is 9.69 Å². The molecule has 6 heteroatoms. The monoisotopic (exact) mass is 300 g/mol. The van der Waals surface area contributed by atoms with Crippen LogP contribution in [0.5, 0.6) is 0 Å². The minimum atomic E-state index is -0.0525. The summed E-state index contributed by atoms with van der Waals surface area (Å²) in [6.45, 7) is 5.89. The number of amides is 1. The molecule has 0 bridgehead atoms. The van der Waals surface area contributed by atoms with Crippen molar-refractivity contribution in [2.45, 2.75) is 6.92 Å². The van der Waals surface area contributed by atoms with Crippen LogP contribution < -0.4 is 10.3 Å². The van der Waals surface area contributed by atoms with Gasteiger partial charge in [0.2, 0.25) is 0 Å². The Kier molecular flexibility index (Phi) is 4.22. The van der Waals surface area contributed by atoms with Crippen molar-refractivity contribution >= 4 is 5.91 Å². The normalized spacial score (nSPS) is 16.6. The number of hydrogen-bond acceptors (Lipinski definition) is 3. The van der Waals surface area contributed by atoms with Gasteiger partial charge in [-0.05, 0) is 37.3 Å². The smallest absolute Gasteiger partial charge is 0.265 e. The van der Waals surface area contributed by atoms with Crippen molar-refractivity contribution in [2.24, 2.45) is 0 Å². The van der Waals surface area contributed by atoms with Crippen LogP contribution in [-0.2, 0) is 0 Å². The van der Waals surface area contributed by atoms with Crippen molar-refractivity contribution in [2.75, 3.05) is 33.2 Å². The molecule has 0 spiro atoms.